The monoisotopic (exact) mass is 346 g/mol. The van der Waals surface area contributed by atoms with Crippen molar-refractivity contribution in [3.8, 4) is 11.5 Å². The van der Waals surface area contributed by atoms with Crippen LogP contribution in [0.25, 0.3) is 11.5 Å². The number of hydrogen-bond acceptors (Lipinski definition) is 4. The SMILES string of the molecule is O=S(=O)(Cc1ccc(F)cc1)NCc1cccnc1-c1ccco1. The number of nitrogens with one attached hydrogen (secondary N) is 1. The number of nitrogens with zero attached hydrogens (tertiary/aromatic N) is 1. The van der Waals surface area contributed by atoms with Gasteiger partial charge in [-0.05, 0) is 41.5 Å². The zero-order chi connectivity index (χ0) is 17.0. The van der Waals surface area contributed by atoms with Crippen molar-refractivity contribution in [1.29, 1.82) is 0 Å². The van der Waals surface area contributed by atoms with Crippen molar-refractivity contribution in [2.45, 2.75) is 12.3 Å². The fraction of sp³-hybridized carbons (Fsp3) is 0.118. The van der Waals surface area contributed by atoms with E-state index in [4.69, 9.17) is 4.42 Å². The van der Waals surface area contributed by atoms with Gasteiger partial charge in [-0.15, -0.1) is 0 Å². The van der Waals surface area contributed by atoms with E-state index < -0.39 is 15.8 Å². The van der Waals surface area contributed by atoms with Crippen LogP contribution in [0.2, 0.25) is 0 Å². The Morgan fingerprint density at radius 2 is 1.88 bits per heavy atom. The van der Waals surface area contributed by atoms with Crippen LogP contribution in [0.3, 0.4) is 0 Å². The van der Waals surface area contributed by atoms with E-state index in [9.17, 15) is 12.8 Å². The van der Waals surface area contributed by atoms with Crippen LogP contribution in [0.4, 0.5) is 4.39 Å². The van der Waals surface area contributed by atoms with Crippen molar-refractivity contribution in [1.82, 2.24) is 9.71 Å². The third-order valence-corrected chi connectivity index (χ3v) is 4.70. The Kier molecular flexibility index (Phi) is 4.73. The molecule has 7 heteroatoms. The van der Waals surface area contributed by atoms with E-state index >= 15 is 0 Å². The van der Waals surface area contributed by atoms with Gasteiger partial charge in [-0.25, -0.2) is 17.5 Å². The van der Waals surface area contributed by atoms with Gasteiger partial charge < -0.3 is 4.42 Å². The fourth-order valence-electron chi connectivity index (χ4n) is 2.26. The van der Waals surface area contributed by atoms with Gasteiger partial charge in [0.1, 0.15) is 11.5 Å². The Morgan fingerprint density at radius 3 is 2.58 bits per heavy atom. The highest BCUT2D eigenvalue weighted by Gasteiger charge is 2.14. The van der Waals surface area contributed by atoms with Crippen molar-refractivity contribution in [3.63, 3.8) is 0 Å². The van der Waals surface area contributed by atoms with Gasteiger partial charge in [-0.3, -0.25) is 4.98 Å². The van der Waals surface area contributed by atoms with Gasteiger partial charge in [0.15, 0.2) is 5.76 Å². The minimum atomic E-state index is -3.56. The van der Waals surface area contributed by atoms with E-state index in [1.54, 1.807) is 30.5 Å². The molecule has 0 spiro atoms. The summed E-state index contributed by atoms with van der Waals surface area (Å²) < 4.78 is 45.2. The summed E-state index contributed by atoms with van der Waals surface area (Å²) in [6.45, 7) is 0.0907. The van der Waals surface area contributed by atoms with Crippen molar-refractivity contribution >= 4 is 10.0 Å². The molecule has 24 heavy (non-hydrogen) atoms. The van der Waals surface area contributed by atoms with Gasteiger partial charge >= 0.3 is 0 Å². The zero-order valence-corrected chi connectivity index (χ0v) is 13.5. The van der Waals surface area contributed by atoms with Gasteiger partial charge in [0.2, 0.25) is 10.0 Å². The number of pyridine rings is 1. The van der Waals surface area contributed by atoms with Crippen LogP contribution in [0, 0.1) is 5.82 Å². The second-order valence-electron chi connectivity index (χ2n) is 5.20. The van der Waals surface area contributed by atoms with Crippen LogP contribution in [0.5, 0.6) is 0 Å². The summed E-state index contributed by atoms with van der Waals surface area (Å²) in [5, 5.41) is 0. The second kappa shape index (κ2) is 6.94. The normalized spacial score (nSPS) is 11.5. The maximum absolute atomic E-state index is 12.9. The number of hydrogen-bond donors (Lipinski definition) is 1. The molecule has 0 bridgehead atoms. The first-order valence-electron chi connectivity index (χ1n) is 7.23. The predicted molar refractivity (Wildman–Crippen MR) is 87.8 cm³/mol. The van der Waals surface area contributed by atoms with Crippen molar-refractivity contribution in [2.75, 3.05) is 0 Å². The molecule has 3 aromatic rings. The molecule has 0 aliphatic carbocycles. The number of aromatic nitrogens is 1. The lowest BCUT2D eigenvalue weighted by Crippen LogP contribution is -2.25. The maximum atomic E-state index is 12.9. The number of furan rings is 1. The van der Waals surface area contributed by atoms with E-state index in [0.717, 1.165) is 0 Å². The van der Waals surface area contributed by atoms with Crippen LogP contribution in [0.15, 0.2) is 65.4 Å². The number of halogens is 1. The fourth-order valence-corrected chi connectivity index (χ4v) is 3.36. The van der Waals surface area contributed by atoms with Crippen LogP contribution >= 0.6 is 0 Å². The summed E-state index contributed by atoms with van der Waals surface area (Å²) in [6, 6.07) is 12.4. The average molecular weight is 346 g/mol. The summed E-state index contributed by atoms with van der Waals surface area (Å²) in [6.07, 6.45) is 3.15. The Bertz CT molecular complexity index is 907. The molecule has 0 aliphatic rings. The first-order chi connectivity index (χ1) is 11.5. The number of benzene rings is 1. The van der Waals surface area contributed by atoms with Gasteiger partial charge in [-0.2, -0.15) is 0 Å². The van der Waals surface area contributed by atoms with Crippen LogP contribution in [0.1, 0.15) is 11.1 Å². The molecule has 5 nitrogen and oxygen atoms in total. The van der Waals surface area contributed by atoms with E-state index in [1.165, 1.54) is 30.5 Å². The topological polar surface area (TPSA) is 72.2 Å². The van der Waals surface area contributed by atoms with Crippen LogP contribution < -0.4 is 4.72 Å². The van der Waals surface area contributed by atoms with E-state index in [-0.39, 0.29) is 12.3 Å². The largest absolute Gasteiger partial charge is 0.463 e. The summed E-state index contributed by atoms with van der Waals surface area (Å²) in [7, 11) is -3.56. The van der Waals surface area contributed by atoms with Crippen molar-refractivity contribution in [3.05, 3.63) is 77.9 Å². The molecule has 2 heterocycles. The molecule has 2 aromatic heterocycles. The molecular weight excluding hydrogens is 331 g/mol. The lowest BCUT2D eigenvalue weighted by atomic mass is 10.1. The highest BCUT2D eigenvalue weighted by atomic mass is 32.2. The molecule has 0 fully saturated rings. The summed E-state index contributed by atoms with van der Waals surface area (Å²) in [5.41, 5.74) is 1.81. The van der Waals surface area contributed by atoms with E-state index in [1.807, 2.05) is 0 Å². The first kappa shape index (κ1) is 16.4. The quantitative estimate of drug-likeness (QED) is 0.744. The highest BCUT2D eigenvalue weighted by Crippen LogP contribution is 2.21. The van der Waals surface area contributed by atoms with E-state index in [0.29, 0.717) is 22.6 Å². The third-order valence-electron chi connectivity index (χ3n) is 3.40. The van der Waals surface area contributed by atoms with Gasteiger partial charge in [-0.1, -0.05) is 18.2 Å². The van der Waals surface area contributed by atoms with Crippen molar-refractivity contribution in [2.24, 2.45) is 0 Å². The highest BCUT2D eigenvalue weighted by molar-refractivity contribution is 7.88. The van der Waals surface area contributed by atoms with Gasteiger partial charge in [0.05, 0.1) is 12.0 Å². The lowest BCUT2D eigenvalue weighted by molar-refractivity contribution is 0.574. The minimum Gasteiger partial charge on any atom is -0.463 e. The van der Waals surface area contributed by atoms with Crippen LogP contribution in [-0.2, 0) is 22.3 Å². The molecule has 1 aromatic carbocycles. The first-order valence-corrected chi connectivity index (χ1v) is 8.88. The average Bonchev–Trinajstić information content (AvgIpc) is 3.10. The Morgan fingerprint density at radius 1 is 1.08 bits per heavy atom. The molecule has 0 atom stereocenters. The molecule has 124 valence electrons. The molecular formula is C17H15FN2O3S. The number of sulfonamides is 1. The van der Waals surface area contributed by atoms with E-state index in [2.05, 4.69) is 9.71 Å². The molecule has 3 rings (SSSR count). The summed E-state index contributed by atoms with van der Waals surface area (Å²) in [4.78, 5) is 4.25. The minimum absolute atomic E-state index is 0.0907. The second-order valence-corrected chi connectivity index (χ2v) is 7.00. The molecule has 0 amide bonds. The standard InChI is InChI=1S/C17H15FN2O3S/c18-15-7-5-13(6-8-15)12-24(21,22)20-11-14-3-1-9-19-17(14)16-4-2-10-23-16/h1-10,20H,11-12H2. The molecule has 0 saturated heterocycles. The third kappa shape index (κ3) is 4.06. The Balaban J connectivity index is 1.72. The molecule has 0 saturated carbocycles. The number of rotatable bonds is 6. The molecule has 0 unspecified atom stereocenters. The Labute approximate surface area is 139 Å². The lowest BCUT2D eigenvalue weighted by Gasteiger charge is -2.09. The molecule has 0 radical (unpaired) electrons. The summed E-state index contributed by atoms with van der Waals surface area (Å²) in [5.74, 6) is -0.0465. The van der Waals surface area contributed by atoms with Gasteiger partial charge in [0, 0.05) is 12.7 Å². The molecule has 1 N–H and O–H groups in total. The van der Waals surface area contributed by atoms with Crippen LogP contribution in [-0.4, -0.2) is 13.4 Å². The van der Waals surface area contributed by atoms with Gasteiger partial charge in [0.25, 0.3) is 0 Å². The zero-order valence-electron chi connectivity index (χ0n) is 12.6. The van der Waals surface area contributed by atoms with Crippen molar-refractivity contribution < 1.29 is 17.2 Å². The summed E-state index contributed by atoms with van der Waals surface area (Å²) >= 11 is 0. The maximum Gasteiger partial charge on any atom is 0.216 e. The predicted octanol–water partition coefficient (Wildman–Crippen LogP) is 3.10. The Hall–Kier alpha value is -2.51. The molecule has 0 aliphatic heterocycles. The smallest absolute Gasteiger partial charge is 0.216 e.